The van der Waals surface area contributed by atoms with Crippen LogP contribution in [0.4, 0.5) is 4.79 Å². The van der Waals surface area contributed by atoms with Gasteiger partial charge in [-0.1, -0.05) is 30.3 Å². The summed E-state index contributed by atoms with van der Waals surface area (Å²) in [5, 5.41) is 2.42. The van der Waals surface area contributed by atoms with E-state index in [4.69, 9.17) is 4.74 Å². The normalized spacial score (nSPS) is 11.8. The molecule has 0 radical (unpaired) electrons. The highest BCUT2D eigenvalue weighted by Gasteiger charge is 2.11. The molecule has 1 heterocycles. The lowest BCUT2D eigenvalue weighted by molar-refractivity contribution is 0.145. The molecule has 0 bridgehead atoms. The quantitative estimate of drug-likeness (QED) is 0.735. The van der Waals surface area contributed by atoms with Gasteiger partial charge in [-0.3, -0.25) is 0 Å². The van der Waals surface area contributed by atoms with Crippen molar-refractivity contribution in [2.75, 3.05) is 6.61 Å². The fourth-order valence-electron chi connectivity index (χ4n) is 1.51. The number of rotatable bonds is 5. The molecule has 100 valence electrons. The second-order valence-corrected chi connectivity index (χ2v) is 4.55. The van der Waals surface area contributed by atoms with Gasteiger partial charge < -0.3 is 15.0 Å². The van der Waals surface area contributed by atoms with E-state index in [9.17, 15) is 4.79 Å². The zero-order valence-electron chi connectivity index (χ0n) is 10.2. The third-order valence-electron chi connectivity index (χ3n) is 2.49. The summed E-state index contributed by atoms with van der Waals surface area (Å²) in [6, 6.07) is 9.64. The zero-order valence-corrected chi connectivity index (χ0v) is 11.1. The Balaban J connectivity index is 1.70. The van der Waals surface area contributed by atoms with Crippen LogP contribution in [0, 0.1) is 0 Å². The number of H-pyrrole nitrogens is 1. The van der Waals surface area contributed by atoms with Crippen molar-refractivity contribution >= 4 is 18.7 Å². The van der Waals surface area contributed by atoms with E-state index in [0.29, 0.717) is 12.4 Å². The number of benzene rings is 1. The number of thiol groups is 1. The lowest BCUT2D eigenvalue weighted by Crippen LogP contribution is -2.25. The first-order valence-electron chi connectivity index (χ1n) is 5.87. The van der Waals surface area contributed by atoms with Crippen molar-refractivity contribution in [3.05, 3.63) is 54.1 Å². The molecule has 2 rings (SSSR count). The molecule has 0 saturated heterocycles. The van der Waals surface area contributed by atoms with E-state index in [0.717, 1.165) is 5.56 Å². The van der Waals surface area contributed by atoms with Crippen molar-refractivity contribution in [3.63, 3.8) is 0 Å². The Bertz CT molecular complexity index is 502. The molecule has 1 atom stereocenters. The van der Waals surface area contributed by atoms with Gasteiger partial charge in [0.15, 0.2) is 0 Å². The van der Waals surface area contributed by atoms with Crippen molar-refractivity contribution < 1.29 is 9.53 Å². The number of hydrogen-bond acceptors (Lipinski definition) is 4. The van der Waals surface area contributed by atoms with Crippen molar-refractivity contribution in [1.29, 1.82) is 0 Å². The van der Waals surface area contributed by atoms with Gasteiger partial charge >= 0.3 is 6.09 Å². The molecule has 0 spiro atoms. The summed E-state index contributed by atoms with van der Waals surface area (Å²) in [6.07, 6.45) is 2.87. The smallest absolute Gasteiger partial charge is 0.407 e. The summed E-state index contributed by atoms with van der Waals surface area (Å²) in [7, 11) is 0. The molecule has 0 fully saturated rings. The highest BCUT2D eigenvalue weighted by atomic mass is 32.1. The molecular formula is C13H15N3O2S. The van der Waals surface area contributed by atoms with Crippen LogP contribution in [0.5, 0.6) is 0 Å². The minimum Gasteiger partial charge on any atom is -0.448 e. The Morgan fingerprint density at radius 2 is 2.21 bits per heavy atom. The number of hydrogen-bond donors (Lipinski definition) is 3. The lowest BCUT2D eigenvalue weighted by atomic mass is 10.2. The Morgan fingerprint density at radius 1 is 1.42 bits per heavy atom. The number of aromatic amines is 1. The molecule has 1 aromatic carbocycles. The number of nitrogens with zero attached hydrogens (tertiary/aromatic N) is 1. The van der Waals surface area contributed by atoms with E-state index in [2.05, 4.69) is 27.9 Å². The first kappa shape index (κ1) is 13.5. The molecule has 0 aliphatic rings. The predicted molar refractivity (Wildman–Crippen MR) is 74.9 cm³/mol. The van der Waals surface area contributed by atoms with Crippen LogP contribution in [0.15, 0.2) is 42.7 Å². The maximum atomic E-state index is 11.5. The number of alkyl carbamates (subject to hydrolysis) is 1. The fourth-order valence-corrected chi connectivity index (χ4v) is 1.73. The molecule has 19 heavy (non-hydrogen) atoms. The van der Waals surface area contributed by atoms with E-state index in [-0.39, 0.29) is 11.9 Å². The van der Waals surface area contributed by atoms with Gasteiger partial charge in [0.2, 0.25) is 0 Å². The van der Waals surface area contributed by atoms with Gasteiger partial charge in [0, 0.05) is 18.9 Å². The van der Waals surface area contributed by atoms with Crippen LogP contribution in [-0.4, -0.2) is 22.7 Å². The van der Waals surface area contributed by atoms with Crippen LogP contribution < -0.4 is 5.32 Å². The van der Waals surface area contributed by atoms with E-state index < -0.39 is 6.09 Å². The van der Waals surface area contributed by atoms with Gasteiger partial charge in [0.1, 0.15) is 12.4 Å². The van der Waals surface area contributed by atoms with E-state index in [1.807, 2.05) is 30.3 Å². The standard InChI is InChI=1S/C13H15N3O2S/c17-13(16-8-10-4-2-1-3-5-10)18-9-11(19)12-14-6-7-15-12/h1-7,11,19H,8-9H2,(H,14,15)(H,16,17). The maximum absolute atomic E-state index is 11.5. The first-order valence-corrected chi connectivity index (χ1v) is 6.39. The molecule has 1 aromatic heterocycles. The molecule has 2 N–H and O–H groups in total. The summed E-state index contributed by atoms with van der Waals surface area (Å²) in [5.41, 5.74) is 1.02. The third-order valence-corrected chi connectivity index (χ3v) is 2.88. The van der Waals surface area contributed by atoms with Gasteiger partial charge in [-0.2, -0.15) is 12.6 Å². The SMILES string of the molecule is O=C(NCc1ccccc1)OCC(S)c1ncc[nH]1. The van der Waals surface area contributed by atoms with Crippen molar-refractivity contribution in [3.8, 4) is 0 Å². The summed E-state index contributed by atoms with van der Waals surface area (Å²) < 4.78 is 5.06. The molecule has 6 heteroatoms. The van der Waals surface area contributed by atoms with Crippen LogP contribution in [-0.2, 0) is 11.3 Å². The Morgan fingerprint density at radius 3 is 2.89 bits per heavy atom. The molecule has 5 nitrogen and oxygen atoms in total. The van der Waals surface area contributed by atoms with Crippen molar-refractivity contribution in [2.45, 2.75) is 11.8 Å². The monoisotopic (exact) mass is 277 g/mol. The van der Waals surface area contributed by atoms with Crippen molar-refractivity contribution in [1.82, 2.24) is 15.3 Å². The molecule has 1 unspecified atom stereocenters. The fraction of sp³-hybridized carbons (Fsp3) is 0.231. The highest BCUT2D eigenvalue weighted by molar-refractivity contribution is 7.80. The van der Waals surface area contributed by atoms with Gasteiger partial charge in [-0.25, -0.2) is 9.78 Å². The molecule has 2 aromatic rings. The van der Waals surface area contributed by atoms with Crippen LogP contribution in [0.25, 0.3) is 0 Å². The first-order chi connectivity index (χ1) is 9.25. The minimum atomic E-state index is -0.463. The Kier molecular flexibility index (Phi) is 4.85. The Labute approximate surface area is 116 Å². The van der Waals surface area contributed by atoms with Crippen LogP contribution in [0.2, 0.25) is 0 Å². The van der Waals surface area contributed by atoms with Gasteiger partial charge in [0.05, 0.1) is 5.25 Å². The lowest BCUT2D eigenvalue weighted by Gasteiger charge is -2.10. The Hall–Kier alpha value is -1.95. The maximum Gasteiger partial charge on any atom is 0.407 e. The average Bonchev–Trinajstić information content (AvgIpc) is 2.98. The summed E-state index contributed by atoms with van der Waals surface area (Å²) in [6.45, 7) is 0.606. The van der Waals surface area contributed by atoms with Gasteiger partial charge in [-0.05, 0) is 5.56 Å². The van der Waals surface area contributed by atoms with Gasteiger partial charge in [0.25, 0.3) is 0 Å². The largest absolute Gasteiger partial charge is 0.448 e. The highest BCUT2D eigenvalue weighted by Crippen LogP contribution is 2.15. The average molecular weight is 277 g/mol. The molecular weight excluding hydrogens is 262 g/mol. The van der Waals surface area contributed by atoms with E-state index in [1.54, 1.807) is 12.4 Å². The number of amides is 1. The second kappa shape index (κ2) is 6.84. The summed E-state index contributed by atoms with van der Waals surface area (Å²) >= 11 is 4.30. The number of nitrogens with one attached hydrogen (secondary N) is 2. The predicted octanol–water partition coefficient (Wildman–Crippen LogP) is 2.31. The van der Waals surface area contributed by atoms with Crippen LogP contribution in [0.1, 0.15) is 16.6 Å². The van der Waals surface area contributed by atoms with Gasteiger partial charge in [-0.15, -0.1) is 0 Å². The number of imidazole rings is 1. The van der Waals surface area contributed by atoms with Crippen LogP contribution >= 0.6 is 12.6 Å². The topological polar surface area (TPSA) is 67.0 Å². The summed E-state index contributed by atoms with van der Waals surface area (Å²) in [4.78, 5) is 18.5. The third kappa shape index (κ3) is 4.33. The second-order valence-electron chi connectivity index (χ2n) is 3.93. The van der Waals surface area contributed by atoms with E-state index >= 15 is 0 Å². The number of aromatic nitrogens is 2. The number of ether oxygens (including phenoxy) is 1. The van der Waals surface area contributed by atoms with E-state index in [1.165, 1.54) is 0 Å². The zero-order chi connectivity index (χ0) is 13.5. The molecule has 1 amide bonds. The molecule has 0 saturated carbocycles. The molecule has 0 aliphatic heterocycles. The van der Waals surface area contributed by atoms with Crippen LogP contribution in [0.3, 0.4) is 0 Å². The summed E-state index contributed by atoms with van der Waals surface area (Å²) in [5.74, 6) is 0.680. The number of carbonyl (C=O) groups is 1. The van der Waals surface area contributed by atoms with Crippen molar-refractivity contribution in [2.24, 2.45) is 0 Å². The minimum absolute atomic E-state index is 0.164. The molecule has 0 aliphatic carbocycles. The number of carbonyl (C=O) groups excluding carboxylic acids is 1.